The third kappa shape index (κ3) is 5.13. The van der Waals surface area contributed by atoms with Crippen molar-refractivity contribution in [3.05, 3.63) is 25.3 Å². The molecule has 206 valence electrons. The van der Waals surface area contributed by atoms with Gasteiger partial charge in [-0.15, -0.1) is 13.2 Å². The van der Waals surface area contributed by atoms with Crippen molar-refractivity contribution in [3.63, 3.8) is 0 Å². The van der Waals surface area contributed by atoms with Crippen molar-refractivity contribution in [3.8, 4) is 0 Å². The molecule has 0 aliphatic carbocycles. The first-order valence-electron chi connectivity index (χ1n) is 13.1. The van der Waals surface area contributed by atoms with Crippen LogP contribution in [0.3, 0.4) is 0 Å². The maximum Gasteiger partial charge on any atom is 0.248 e. The van der Waals surface area contributed by atoms with Crippen molar-refractivity contribution < 1.29 is 29.0 Å². The molecule has 4 aliphatic rings. The minimum absolute atomic E-state index is 0.106. The minimum atomic E-state index is -1.10. The molecule has 0 aromatic rings. The molecule has 6 atom stereocenters. The first kappa shape index (κ1) is 28.2. The average Bonchev–Trinajstić information content (AvgIpc) is 3.48. The van der Waals surface area contributed by atoms with E-state index in [9.17, 15) is 19.5 Å². The van der Waals surface area contributed by atoms with E-state index in [1.54, 1.807) is 33.9 Å². The topological polar surface area (TPSA) is 103 Å². The zero-order valence-electron chi connectivity index (χ0n) is 21.6. The first-order valence-corrected chi connectivity index (χ1v) is 14.0. The van der Waals surface area contributed by atoms with E-state index < -0.39 is 29.6 Å². The number of fused-ring (bicyclic) bond motifs is 1. The Labute approximate surface area is 227 Å². The van der Waals surface area contributed by atoms with Gasteiger partial charge in [-0.05, 0) is 12.8 Å². The summed E-state index contributed by atoms with van der Waals surface area (Å²) in [6, 6.07) is -0.867. The Balaban J connectivity index is 1.65. The molecule has 4 fully saturated rings. The Morgan fingerprint density at radius 2 is 1.89 bits per heavy atom. The van der Waals surface area contributed by atoms with E-state index in [1.807, 2.05) is 0 Å². The highest BCUT2D eigenvalue weighted by Gasteiger charge is 2.76. The molecule has 0 saturated carbocycles. The van der Waals surface area contributed by atoms with Crippen LogP contribution in [0.15, 0.2) is 25.3 Å². The van der Waals surface area contributed by atoms with E-state index in [2.05, 4.69) is 34.0 Å². The fourth-order valence-electron chi connectivity index (χ4n) is 6.42. The molecule has 0 aromatic heterocycles. The second-order valence-electron chi connectivity index (χ2n) is 10.3. The van der Waals surface area contributed by atoms with Gasteiger partial charge in [-0.3, -0.25) is 19.3 Å². The summed E-state index contributed by atoms with van der Waals surface area (Å²) in [4.78, 5) is 48.6. The number of nitrogens with zero attached hydrogens (tertiary/aromatic N) is 4. The molecule has 1 spiro atoms. The van der Waals surface area contributed by atoms with Crippen LogP contribution in [0.25, 0.3) is 0 Å². The number of halogens is 1. The summed E-state index contributed by atoms with van der Waals surface area (Å²) < 4.78 is 12.0. The highest BCUT2D eigenvalue weighted by atomic mass is 79.9. The lowest BCUT2D eigenvalue weighted by Gasteiger charge is -2.38. The number of likely N-dealkylation sites (tertiary alicyclic amines) is 1. The highest BCUT2D eigenvalue weighted by molar-refractivity contribution is 9.09. The van der Waals surface area contributed by atoms with Crippen LogP contribution >= 0.6 is 15.9 Å². The third-order valence-corrected chi connectivity index (χ3v) is 8.94. The molecule has 4 saturated heterocycles. The summed E-state index contributed by atoms with van der Waals surface area (Å²) in [5.41, 5.74) is -1.10. The van der Waals surface area contributed by atoms with Gasteiger partial charge in [0.15, 0.2) is 0 Å². The monoisotopic (exact) mass is 582 g/mol. The summed E-state index contributed by atoms with van der Waals surface area (Å²) in [6.07, 6.45) is 3.64. The average molecular weight is 584 g/mol. The predicted molar refractivity (Wildman–Crippen MR) is 141 cm³/mol. The van der Waals surface area contributed by atoms with Gasteiger partial charge in [0.2, 0.25) is 17.7 Å². The lowest BCUT2D eigenvalue weighted by atomic mass is 9.70. The number of morpholine rings is 1. The van der Waals surface area contributed by atoms with E-state index in [0.717, 1.165) is 13.1 Å². The summed E-state index contributed by atoms with van der Waals surface area (Å²) in [5.74, 6) is -2.06. The Morgan fingerprint density at radius 3 is 2.54 bits per heavy atom. The molecule has 2 bridgehead atoms. The van der Waals surface area contributed by atoms with Crippen LogP contribution in [0.5, 0.6) is 0 Å². The Kier molecular flexibility index (Phi) is 9.11. The van der Waals surface area contributed by atoms with Crippen LogP contribution in [0.1, 0.15) is 12.8 Å². The first-order chi connectivity index (χ1) is 17.8. The Hall–Kier alpha value is -1.79. The fraction of sp³-hybridized carbons (Fsp3) is 0.731. The summed E-state index contributed by atoms with van der Waals surface area (Å²) >= 11 is 3.70. The van der Waals surface area contributed by atoms with Gasteiger partial charge >= 0.3 is 0 Å². The van der Waals surface area contributed by atoms with Crippen molar-refractivity contribution in [1.29, 1.82) is 0 Å². The van der Waals surface area contributed by atoms with Crippen LogP contribution in [0.4, 0.5) is 0 Å². The van der Waals surface area contributed by atoms with E-state index in [1.165, 1.54) is 0 Å². The minimum Gasteiger partial charge on any atom is -0.396 e. The smallest absolute Gasteiger partial charge is 0.248 e. The van der Waals surface area contributed by atoms with Gasteiger partial charge in [0.1, 0.15) is 11.6 Å². The number of likely N-dealkylation sites (N-methyl/N-ethyl adjacent to an activating group) is 1. The van der Waals surface area contributed by atoms with Gasteiger partial charge < -0.3 is 29.3 Å². The second-order valence-corrected chi connectivity index (χ2v) is 11.5. The van der Waals surface area contributed by atoms with Crippen molar-refractivity contribution in [2.45, 2.75) is 35.4 Å². The molecule has 0 radical (unpaired) electrons. The summed E-state index contributed by atoms with van der Waals surface area (Å²) in [6.45, 7) is 12.5. The lowest BCUT2D eigenvalue weighted by molar-refractivity contribution is -0.148. The molecule has 1 N–H and O–H groups in total. The number of hydrogen-bond acceptors (Lipinski definition) is 7. The number of alkyl halides is 1. The SMILES string of the molecule is C=CCN(C)C(=O)[C@H]1[C@H]2C(=O)N(CCCO)C(C(=O)N(CC=C)CCN3CCOCC3)C23CC(Br)[C@@H]1O3. The lowest BCUT2D eigenvalue weighted by Crippen LogP contribution is -2.58. The molecular weight excluding hydrogens is 544 g/mol. The number of rotatable bonds is 12. The molecule has 10 nitrogen and oxygen atoms in total. The molecule has 37 heavy (non-hydrogen) atoms. The third-order valence-electron chi connectivity index (χ3n) is 8.10. The van der Waals surface area contributed by atoms with Gasteiger partial charge in [0.25, 0.3) is 0 Å². The highest BCUT2D eigenvalue weighted by Crippen LogP contribution is 2.60. The predicted octanol–water partition coefficient (Wildman–Crippen LogP) is 0.108. The van der Waals surface area contributed by atoms with E-state index in [4.69, 9.17) is 9.47 Å². The Morgan fingerprint density at radius 1 is 1.19 bits per heavy atom. The van der Waals surface area contributed by atoms with Crippen LogP contribution in [0.2, 0.25) is 0 Å². The van der Waals surface area contributed by atoms with Gasteiger partial charge in [0.05, 0.1) is 31.2 Å². The maximum atomic E-state index is 14.2. The number of carbonyl (C=O) groups excluding carboxylic acids is 3. The van der Waals surface area contributed by atoms with Crippen molar-refractivity contribution >= 4 is 33.7 Å². The fourth-order valence-corrected chi connectivity index (χ4v) is 7.36. The number of ether oxygens (including phenoxy) is 2. The summed E-state index contributed by atoms with van der Waals surface area (Å²) in [5, 5.41) is 9.54. The molecule has 4 rings (SSSR count). The van der Waals surface area contributed by atoms with Gasteiger partial charge in [0, 0.05) is 64.3 Å². The zero-order chi connectivity index (χ0) is 26.7. The summed E-state index contributed by atoms with van der Waals surface area (Å²) in [7, 11) is 1.69. The quantitative estimate of drug-likeness (QED) is 0.257. The van der Waals surface area contributed by atoms with Crippen LogP contribution in [-0.2, 0) is 23.9 Å². The van der Waals surface area contributed by atoms with Gasteiger partial charge in [-0.2, -0.15) is 0 Å². The normalized spacial score (nSPS) is 32.9. The standard InChI is InChI=1S/C26H39BrN4O6/c1-4-7-28(3)23(33)19-20-24(34)31(9-6-14-32)22(26(20)17-18(27)21(19)37-26)25(35)30(8-5-2)11-10-29-12-15-36-16-13-29/h4-5,18-22,32H,1-2,6-17H2,3H3/t18?,19-,20-,21-,22?,26?/m0/s1. The van der Waals surface area contributed by atoms with Gasteiger partial charge in [-0.25, -0.2) is 0 Å². The number of aliphatic hydroxyl groups excluding tert-OH is 1. The van der Waals surface area contributed by atoms with Crippen LogP contribution < -0.4 is 0 Å². The van der Waals surface area contributed by atoms with Crippen molar-refractivity contribution in [2.24, 2.45) is 11.8 Å². The van der Waals surface area contributed by atoms with Crippen molar-refractivity contribution in [1.82, 2.24) is 19.6 Å². The van der Waals surface area contributed by atoms with E-state index >= 15 is 0 Å². The molecule has 11 heteroatoms. The molecule has 3 amide bonds. The molecule has 0 aromatic carbocycles. The molecular formula is C26H39BrN4O6. The molecule has 3 unspecified atom stereocenters. The Bertz CT molecular complexity index is 898. The number of amides is 3. The van der Waals surface area contributed by atoms with Crippen LogP contribution in [0, 0.1) is 11.8 Å². The maximum absolute atomic E-state index is 14.2. The van der Waals surface area contributed by atoms with Gasteiger partial charge in [-0.1, -0.05) is 28.1 Å². The largest absolute Gasteiger partial charge is 0.396 e. The van der Waals surface area contributed by atoms with E-state index in [0.29, 0.717) is 52.2 Å². The van der Waals surface area contributed by atoms with Crippen LogP contribution in [-0.4, -0.2) is 138 Å². The number of aliphatic hydroxyl groups is 1. The molecule has 4 heterocycles. The molecule has 4 aliphatic heterocycles. The zero-order valence-corrected chi connectivity index (χ0v) is 23.2. The van der Waals surface area contributed by atoms with E-state index in [-0.39, 0.29) is 35.7 Å². The number of hydrogen-bond donors (Lipinski definition) is 1. The number of carbonyl (C=O) groups is 3. The van der Waals surface area contributed by atoms with Crippen molar-refractivity contribution in [2.75, 3.05) is 72.7 Å². The second kappa shape index (κ2) is 11.9.